The van der Waals surface area contributed by atoms with Gasteiger partial charge in [0.1, 0.15) is 12.6 Å². The lowest BCUT2D eigenvalue weighted by Gasteiger charge is -2.13. The van der Waals surface area contributed by atoms with Gasteiger partial charge < -0.3 is 15.4 Å². The first-order valence-corrected chi connectivity index (χ1v) is 5.88. The van der Waals surface area contributed by atoms with E-state index in [-0.39, 0.29) is 12.5 Å². The van der Waals surface area contributed by atoms with Crippen LogP contribution in [-0.4, -0.2) is 24.6 Å². The predicted octanol–water partition coefficient (Wildman–Crippen LogP) is 1.44. The molecule has 18 heavy (non-hydrogen) atoms. The summed E-state index contributed by atoms with van der Waals surface area (Å²) in [5, 5.41) is 5.08. The Morgan fingerprint density at radius 3 is 2.56 bits per heavy atom. The highest BCUT2D eigenvalue weighted by molar-refractivity contribution is 5.85. The van der Waals surface area contributed by atoms with Crippen molar-refractivity contribution in [3.05, 3.63) is 35.9 Å². The van der Waals surface area contributed by atoms with E-state index in [2.05, 4.69) is 10.6 Å². The first-order chi connectivity index (χ1) is 8.63. The van der Waals surface area contributed by atoms with Crippen molar-refractivity contribution in [3.8, 4) is 0 Å². The van der Waals surface area contributed by atoms with Gasteiger partial charge in [-0.15, -0.1) is 0 Å². The van der Waals surface area contributed by atoms with Crippen LogP contribution in [0, 0.1) is 0 Å². The van der Waals surface area contributed by atoms with Gasteiger partial charge in [0.2, 0.25) is 5.91 Å². The zero-order valence-electron chi connectivity index (χ0n) is 10.6. The van der Waals surface area contributed by atoms with Crippen LogP contribution in [0.3, 0.4) is 0 Å². The van der Waals surface area contributed by atoms with Crippen LogP contribution in [0.25, 0.3) is 0 Å². The molecule has 1 atom stereocenters. The van der Waals surface area contributed by atoms with Crippen LogP contribution in [-0.2, 0) is 16.1 Å². The van der Waals surface area contributed by atoms with Crippen LogP contribution in [0.5, 0.6) is 0 Å². The Morgan fingerprint density at radius 1 is 1.28 bits per heavy atom. The van der Waals surface area contributed by atoms with Gasteiger partial charge in [0.05, 0.1) is 0 Å². The Balaban J connectivity index is 2.31. The first kappa shape index (κ1) is 14.0. The summed E-state index contributed by atoms with van der Waals surface area (Å²) in [6, 6.07) is 8.75. The van der Waals surface area contributed by atoms with Gasteiger partial charge >= 0.3 is 6.09 Å². The maximum Gasteiger partial charge on any atom is 0.408 e. The molecular weight excluding hydrogens is 232 g/mol. The van der Waals surface area contributed by atoms with E-state index in [1.807, 2.05) is 37.3 Å². The fourth-order valence-corrected chi connectivity index (χ4v) is 1.33. The van der Waals surface area contributed by atoms with Crippen molar-refractivity contribution in [3.63, 3.8) is 0 Å². The topological polar surface area (TPSA) is 67.4 Å². The second-order valence-electron chi connectivity index (χ2n) is 3.82. The molecule has 98 valence electrons. The van der Waals surface area contributed by atoms with Crippen molar-refractivity contribution >= 4 is 12.0 Å². The molecule has 0 radical (unpaired) electrons. The van der Waals surface area contributed by atoms with Crippen LogP contribution >= 0.6 is 0 Å². The molecule has 0 spiro atoms. The van der Waals surface area contributed by atoms with E-state index in [0.717, 1.165) is 5.56 Å². The molecule has 0 saturated heterocycles. The van der Waals surface area contributed by atoms with E-state index in [4.69, 9.17) is 4.74 Å². The van der Waals surface area contributed by atoms with E-state index in [1.54, 1.807) is 6.92 Å². The lowest BCUT2D eigenvalue weighted by atomic mass is 10.2. The molecular formula is C13H18N2O3. The Kier molecular flexibility index (Phi) is 5.70. The summed E-state index contributed by atoms with van der Waals surface area (Å²) < 4.78 is 5.00. The highest BCUT2D eigenvalue weighted by Crippen LogP contribution is 2.00. The Morgan fingerprint density at radius 2 is 1.94 bits per heavy atom. The minimum absolute atomic E-state index is 0.189. The number of ether oxygens (including phenoxy) is 1. The van der Waals surface area contributed by atoms with Crippen molar-refractivity contribution < 1.29 is 14.3 Å². The molecule has 5 heteroatoms. The third-order valence-corrected chi connectivity index (χ3v) is 2.29. The third-order valence-electron chi connectivity index (χ3n) is 2.29. The normalized spacial score (nSPS) is 11.4. The van der Waals surface area contributed by atoms with Gasteiger partial charge in [0.15, 0.2) is 0 Å². The van der Waals surface area contributed by atoms with Crippen molar-refractivity contribution in [1.82, 2.24) is 10.6 Å². The zero-order valence-corrected chi connectivity index (χ0v) is 10.6. The second kappa shape index (κ2) is 7.32. The Hall–Kier alpha value is -2.04. The summed E-state index contributed by atoms with van der Waals surface area (Å²) >= 11 is 0. The molecule has 1 rings (SSSR count). The van der Waals surface area contributed by atoms with Crippen LogP contribution in [0.2, 0.25) is 0 Å². The van der Waals surface area contributed by atoms with Gasteiger partial charge in [-0.1, -0.05) is 30.3 Å². The maximum absolute atomic E-state index is 11.4. The van der Waals surface area contributed by atoms with Crippen LogP contribution in [0.15, 0.2) is 30.3 Å². The molecule has 0 aliphatic carbocycles. The maximum atomic E-state index is 11.4. The molecule has 0 aliphatic rings. The number of likely N-dealkylation sites (N-methyl/N-ethyl adjacent to an activating group) is 1. The average Bonchev–Trinajstić information content (AvgIpc) is 2.38. The minimum atomic E-state index is -0.603. The van der Waals surface area contributed by atoms with E-state index in [9.17, 15) is 9.59 Å². The van der Waals surface area contributed by atoms with Crippen molar-refractivity contribution in [1.29, 1.82) is 0 Å². The van der Waals surface area contributed by atoms with Gasteiger partial charge in [0, 0.05) is 6.54 Å². The third kappa shape index (κ3) is 4.86. The van der Waals surface area contributed by atoms with E-state index in [1.165, 1.54) is 0 Å². The molecule has 1 aromatic carbocycles. The smallest absolute Gasteiger partial charge is 0.408 e. The monoisotopic (exact) mass is 250 g/mol. The Labute approximate surface area is 107 Å². The SMILES string of the molecule is CCNC(=O)[C@@H](C)NC(=O)OCc1ccccc1. The fourth-order valence-electron chi connectivity index (χ4n) is 1.33. The lowest BCUT2D eigenvalue weighted by Crippen LogP contribution is -2.44. The number of hydrogen-bond donors (Lipinski definition) is 2. The number of alkyl carbamates (subject to hydrolysis) is 1. The van der Waals surface area contributed by atoms with Crippen molar-refractivity contribution in [2.24, 2.45) is 0 Å². The van der Waals surface area contributed by atoms with Gasteiger partial charge in [-0.2, -0.15) is 0 Å². The summed E-state index contributed by atoms with van der Waals surface area (Å²) in [5.41, 5.74) is 0.901. The van der Waals surface area contributed by atoms with E-state index < -0.39 is 12.1 Å². The quantitative estimate of drug-likeness (QED) is 0.831. The molecule has 0 aromatic heterocycles. The van der Waals surface area contributed by atoms with Crippen LogP contribution in [0.1, 0.15) is 19.4 Å². The van der Waals surface area contributed by atoms with Gasteiger partial charge in [-0.25, -0.2) is 4.79 Å². The number of benzene rings is 1. The summed E-state index contributed by atoms with van der Waals surface area (Å²) in [6.07, 6.45) is -0.599. The predicted molar refractivity (Wildman–Crippen MR) is 67.9 cm³/mol. The largest absolute Gasteiger partial charge is 0.445 e. The number of amides is 2. The van der Waals surface area contributed by atoms with Crippen LogP contribution in [0.4, 0.5) is 4.79 Å². The number of carbonyl (C=O) groups is 2. The number of nitrogens with one attached hydrogen (secondary N) is 2. The molecule has 5 nitrogen and oxygen atoms in total. The molecule has 2 amide bonds. The molecule has 2 N–H and O–H groups in total. The summed E-state index contributed by atoms with van der Waals surface area (Å²) in [6.45, 7) is 4.14. The molecule has 0 aliphatic heterocycles. The Bertz CT molecular complexity index is 392. The lowest BCUT2D eigenvalue weighted by molar-refractivity contribution is -0.122. The highest BCUT2D eigenvalue weighted by Gasteiger charge is 2.15. The van der Waals surface area contributed by atoms with Crippen molar-refractivity contribution in [2.45, 2.75) is 26.5 Å². The average molecular weight is 250 g/mol. The molecule has 0 heterocycles. The number of rotatable bonds is 5. The van der Waals surface area contributed by atoms with Gasteiger partial charge in [-0.05, 0) is 19.4 Å². The number of carbonyl (C=O) groups excluding carboxylic acids is 2. The van der Waals surface area contributed by atoms with E-state index in [0.29, 0.717) is 6.54 Å². The van der Waals surface area contributed by atoms with Gasteiger partial charge in [0.25, 0.3) is 0 Å². The summed E-state index contributed by atoms with van der Waals surface area (Å²) in [7, 11) is 0. The molecule has 0 saturated carbocycles. The van der Waals surface area contributed by atoms with Crippen molar-refractivity contribution in [2.75, 3.05) is 6.54 Å². The second-order valence-corrected chi connectivity index (χ2v) is 3.82. The summed E-state index contributed by atoms with van der Waals surface area (Å²) in [5.74, 6) is -0.228. The van der Waals surface area contributed by atoms with Gasteiger partial charge in [-0.3, -0.25) is 4.79 Å². The molecule has 0 unspecified atom stereocenters. The molecule has 1 aromatic rings. The number of hydrogen-bond acceptors (Lipinski definition) is 3. The minimum Gasteiger partial charge on any atom is -0.445 e. The van der Waals surface area contributed by atoms with E-state index >= 15 is 0 Å². The summed E-state index contributed by atoms with van der Waals surface area (Å²) in [4.78, 5) is 22.8. The zero-order chi connectivity index (χ0) is 13.4. The fraction of sp³-hybridized carbons (Fsp3) is 0.385. The standard InChI is InChI=1S/C13H18N2O3/c1-3-14-12(16)10(2)15-13(17)18-9-11-7-5-4-6-8-11/h4-8,10H,3,9H2,1-2H3,(H,14,16)(H,15,17)/t10-/m1/s1. The first-order valence-electron chi connectivity index (χ1n) is 5.88. The van der Waals surface area contributed by atoms with Crippen LogP contribution < -0.4 is 10.6 Å². The highest BCUT2D eigenvalue weighted by atomic mass is 16.5. The molecule has 0 fully saturated rings. The molecule has 0 bridgehead atoms.